The lowest BCUT2D eigenvalue weighted by molar-refractivity contribution is 0.0996. The summed E-state index contributed by atoms with van der Waals surface area (Å²) >= 11 is 0. The van der Waals surface area contributed by atoms with Crippen molar-refractivity contribution in [2.24, 2.45) is 0 Å². The largest absolute Gasteiger partial charge is 0.294 e. The second-order valence-electron chi connectivity index (χ2n) is 2.79. The van der Waals surface area contributed by atoms with E-state index in [0.29, 0.717) is 6.42 Å². The molecule has 0 aliphatic rings. The molecule has 0 aliphatic heterocycles. The van der Waals surface area contributed by atoms with E-state index >= 15 is 0 Å². The highest BCUT2D eigenvalue weighted by Gasteiger charge is 2.01. The average Bonchev–Trinajstić information content (AvgIpc) is 2.05. The summed E-state index contributed by atoms with van der Waals surface area (Å²) in [4.78, 5) is 11.3. The van der Waals surface area contributed by atoms with E-state index in [9.17, 15) is 4.79 Å². The van der Waals surface area contributed by atoms with E-state index in [-0.39, 0.29) is 5.78 Å². The van der Waals surface area contributed by atoms with Crippen molar-refractivity contribution in [2.45, 2.75) is 13.3 Å². The molecule has 0 saturated carbocycles. The number of carbonyl (C=O) groups excluding carboxylic acids is 1. The predicted molar refractivity (Wildman–Crippen MR) is 50.3 cm³/mol. The fourth-order valence-corrected chi connectivity index (χ4v) is 1.07. The van der Waals surface area contributed by atoms with E-state index in [1.165, 1.54) is 0 Å². The summed E-state index contributed by atoms with van der Waals surface area (Å²) < 4.78 is 0. The summed E-state index contributed by atoms with van der Waals surface area (Å²) in [5.41, 5.74) is 1.89. The molecule has 0 radical (unpaired) electrons. The van der Waals surface area contributed by atoms with Crippen molar-refractivity contribution in [3.8, 4) is 0 Å². The molecule has 0 N–H and O–H groups in total. The Hall–Kier alpha value is -1.37. The monoisotopic (exact) mass is 160 g/mol. The van der Waals surface area contributed by atoms with Gasteiger partial charge in [0.2, 0.25) is 0 Å². The summed E-state index contributed by atoms with van der Waals surface area (Å²) in [7, 11) is 0. The number of carbonyl (C=O) groups is 1. The van der Waals surface area contributed by atoms with Gasteiger partial charge in [0.15, 0.2) is 5.78 Å². The lowest BCUT2D eigenvalue weighted by Crippen LogP contribution is -1.96. The van der Waals surface area contributed by atoms with Crippen LogP contribution in [0.25, 0.3) is 0 Å². The highest BCUT2D eigenvalue weighted by atomic mass is 16.1. The molecule has 0 heterocycles. The van der Waals surface area contributed by atoms with Crippen LogP contribution in [0.4, 0.5) is 0 Å². The zero-order valence-corrected chi connectivity index (χ0v) is 7.21. The topological polar surface area (TPSA) is 17.1 Å². The fraction of sp³-hybridized carbons (Fsp3) is 0.182. The number of benzene rings is 1. The van der Waals surface area contributed by atoms with Gasteiger partial charge in [-0.15, -0.1) is 6.58 Å². The molecule has 0 bridgehead atoms. The Kier molecular flexibility index (Phi) is 2.81. The van der Waals surface area contributed by atoms with Crippen LogP contribution in [0.3, 0.4) is 0 Å². The van der Waals surface area contributed by atoms with Crippen molar-refractivity contribution >= 4 is 5.78 Å². The molecule has 0 saturated heterocycles. The Balaban J connectivity index is 2.87. The van der Waals surface area contributed by atoms with Crippen molar-refractivity contribution in [3.05, 3.63) is 48.0 Å². The molecule has 12 heavy (non-hydrogen) atoms. The number of aryl methyl sites for hydroxylation is 1. The predicted octanol–water partition coefficient (Wildman–Crippen LogP) is 2.75. The van der Waals surface area contributed by atoms with Gasteiger partial charge in [-0.2, -0.15) is 0 Å². The number of hydrogen-bond acceptors (Lipinski definition) is 1. The number of Topliss-reactive ketones (excluding diaryl/α,β-unsaturated/α-hetero) is 1. The van der Waals surface area contributed by atoms with E-state index in [0.717, 1.165) is 11.1 Å². The highest BCUT2D eigenvalue weighted by molar-refractivity contribution is 5.97. The number of ketones is 1. The first kappa shape index (κ1) is 8.72. The van der Waals surface area contributed by atoms with Crippen LogP contribution in [0.5, 0.6) is 0 Å². The van der Waals surface area contributed by atoms with Crippen molar-refractivity contribution in [2.75, 3.05) is 0 Å². The Morgan fingerprint density at radius 3 is 2.92 bits per heavy atom. The summed E-state index contributed by atoms with van der Waals surface area (Å²) in [5, 5.41) is 0. The molecule has 0 aliphatic carbocycles. The maximum absolute atomic E-state index is 11.3. The quantitative estimate of drug-likeness (QED) is 0.491. The summed E-state index contributed by atoms with van der Waals surface area (Å²) in [6.07, 6.45) is 2.05. The van der Waals surface area contributed by atoms with Crippen LogP contribution >= 0.6 is 0 Å². The highest BCUT2D eigenvalue weighted by Crippen LogP contribution is 2.06. The van der Waals surface area contributed by atoms with E-state index in [2.05, 4.69) is 6.58 Å². The minimum absolute atomic E-state index is 0.133. The third kappa shape index (κ3) is 2.06. The molecule has 1 aromatic rings. The van der Waals surface area contributed by atoms with Gasteiger partial charge in [0.05, 0.1) is 0 Å². The minimum atomic E-state index is 0.133. The second kappa shape index (κ2) is 3.86. The molecule has 0 fully saturated rings. The van der Waals surface area contributed by atoms with Gasteiger partial charge in [-0.1, -0.05) is 29.8 Å². The van der Waals surface area contributed by atoms with Crippen LogP contribution < -0.4 is 0 Å². The number of allylic oxidation sites excluding steroid dienone is 1. The zero-order valence-electron chi connectivity index (χ0n) is 7.21. The summed E-state index contributed by atoms with van der Waals surface area (Å²) in [6, 6.07) is 7.60. The van der Waals surface area contributed by atoms with Gasteiger partial charge in [0, 0.05) is 12.0 Å². The first-order valence-electron chi connectivity index (χ1n) is 3.95. The van der Waals surface area contributed by atoms with Crippen molar-refractivity contribution < 1.29 is 4.79 Å². The molecule has 0 unspecified atom stereocenters. The van der Waals surface area contributed by atoms with Gasteiger partial charge in [-0.25, -0.2) is 0 Å². The maximum atomic E-state index is 11.3. The first-order chi connectivity index (χ1) is 5.74. The van der Waals surface area contributed by atoms with Crippen molar-refractivity contribution in [1.82, 2.24) is 0 Å². The molecule has 1 heteroatoms. The number of hydrogen-bond donors (Lipinski definition) is 0. The van der Waals surface area contributed by atoms with Crippen LogP contribution in [0.1, 0.15) is 22.3 Å². The van der Waals surface area contributed by atoms with Crippen LogP contribution in [0, 0.1) is 6.92 Å². The third-order valence-corrected chi connectivity index (χ3v) is 1.67. The fourth-order valence-electron chi connectivity index (χ4n) is 1.07. The van der Waals surface area contributed by atoms with Gasteiger partial charge >= 0.3 is 0 Å². The Labute approximate surface area is 72.7 Å². The standard InChI is InChI=1S/C11H12O/c1-3-5-11(12)10-7-4-6-9(2)8-10/h3-4,6-8H,1,5H2,2H3. The van der Waals surface area contributed by atoms with Crippen LogP contribution in [0.2, 0.25) is 0 Å². The lowest BCUT2D eigenvalue weighted by Gasteiger charge is -1.98. The first-order valence-corrected chi connectivity index (χ1v) is 3.95. The van der Waals surface area contributed by atoms with Crippen molar-refractivity contribution in [3.63, 3.8) is 0 Å². The lowest BCUT2D eigenvalue weighted by atomic mass is 10.1. The summed E-state index contributed by atoms with van der Waals surface area (Å²) in [6.45, 7) is 5.50. The second-order valence-corrected chi connectivity index (χ2v) is 2.79. The Morgan fingerprint density at radius 1 is 1.58 bits per heavy atom. The average molecular weight is 160 g/mol. The normalized spacial score (nSPS) is 9.42. The molecule has 0 spiro atoms. The van der Waals surface area contributed by atoms with Gasteiger partial charge in [0.1, 0.15) is 0 Å². The van der Waals surface area contributed by atoms with E-state index in [4.69, 9.17) is 0 Å². The molecule has 0 atom stereocenters. The van der Waals surface area contributed by atoms with Gasteiger partial charge in [-0.3, -0.25) is 4.79 Å². The smallest absolute Gasteiger partial charge is 0.166 e. The zero-order chi connectivity index (χ0) is 8.97. The van der Waals surface area contributed by atoms with E-state index < -0.39 is 0 Å². The molecule has 1 aromatic carbocycles. The molecule has 0 amide bonds. The van der Waals surface area contributed by atoms with E-state index in [1.807, 2.05) is 31.2 Å². The van der Waals surface area contributed by atoms with Crippen LogP contribution in [-0.4, -0.2) is 5.78 Å². The summed E-state index contributed by atoms with van der Waals surface area (Å²) in [5.74, 6) is 0.133. The molecule has 62 valence electrons. The maximum Gasteiger partial charge on any atom is 0.166 e. The third-order valence-electron chi connectivity index (χ3n) is 1.67. The van der Waals surface area contributed by atoms with Crippen LogP contribution in [0.15, 0.2) is 36.9 Å². The molecule has 0 aromatic heterocycles. The molecule has 1 rings (SSSR count). The van der Waals surface area contributed by atoms with E-state index in [1.54, 1.807) is 6.08 Å². The molecule has 1 nitrogen and oxygen atoms in total. The molecular formula is C11H12O. The van der Waals surface area contributed by atoms with Gasteiger partial charge in [0.25, 0.3) is 0 Å². The Bertz CT molecular complexity index is 300. The minimum Gasteiger partial charge on any atom is -0.294 e. The van der Waals surface area contributed by atoms with Gasteiger partial charge < -0.3 is 0 Å². The van der Waals surface area contributed by atoms with Crippen molar-refractivity contribution in [1.29, 1.82) is 0 Å². The van der Waals surface area contributed by atoms with Crippen LogP contribution in [-0.2, 0) is 0 Å². The SMILES string of the molecule is C=CCC(=O)c1cccc(C)c1. The van der Waals surface area contributed by atoms with Gasteiger partial charge in [-0.05, 0) is 13.0 Å². The number of rotatable bonds is 3. The Morgan fingerprint density at radius 2 is 2.33 bits per heavy atom. The molecular weight excluding hydrogens is 148 g/mol.